The zero-order chi connectivity index (χ0) is 14.0. The van der Waals surface area contributed by atoms with E-state index in [2.05, 4.69) is 5.10 Å². The highest BCUT2D eigenvalue weighted by Gasteiger charge is 2.17. The van der Waals surface area contributed by atoms with Crippen LogP contribution in [0.25, 0.3) is 0 Å². The minimum atomic E-state index is -2.52. The van der Waals surface area contributed by atoms with Gasteiger partial charge >= 0.3 is 5.69 Å². The third kappa shape index (κ3) is 2.67. The molecule has 2 rings (SSSR count). The second kappa shape index (κ2) is 5.01. The average Bonchev–Trinajstić information content (AvgIpc) is 2.72. The molecule has 0 saturated heterocycles. The largest absolute Gasteiger partial charge is 0.378 e. The summed E-state index contributed by atoms with van der Waals surface area (Å²) in [6.07, 6.45) is -1.46. The predicted molar refractivity (Wildman–Crippen MR) is 63.8 cm³/mol. The van der Waals surface area contributed by atoms with E-state index in [0.717, 1.165) is 6.20 Å². The molecule has 6 nitrogen and oxygen atoms in total. The van der Waals surface area contributed by atoms with Crippen molar-refractivity contribution in [3.8, 4) is 0 Å². The van der Waals surface area contributed by atoms with Gasteiger partial charge in [-0.1, -0.05) is 24.3 Å². The van der Waals surface area contributed by atoms with Crippen LogP contribution in [0.4, 0.5) is 20.3 Å². The first-order chi connectivity index (χ1) is 8.99. The summed E-state index contributed by atoms with van der Waals surface area (Å²) < 4.78 is 26.0. The number of aromatic nitrogens is 2. The van der Waals surface area contributed by atoms with Gasteiger partial charge in [0.2, 0.25) is 5.82 Å². The highest BCUT2D eigenvalue weighted by Crippen LogP contribution is 2.22. The predicted octanol–water partition coefficient (Wildman–Crippen LogP) is 2.36. The van der Waals surface area contributed by atoms with Gasteiger partial charge in [0, 0.05) is 5.56 Å². The molecule has 0 radical (unpaired) electrons. The molecule has 100 valence electrons. The lowest BCUT2D eigenvalue weighted by Crippen LogP contribution is -2.06. The molecule has 1 aromatic carbocycles. The van der Waals surface area contributed by atoms with Crippen molar-refractivity contribution in [2.75, 3.05) is 5.73 Å². The molecule has 0 fully saturated rings. The van der Waals surface area contributed by atoms with E-state index in [9.17, 15) is 18.9 Å². The van der Waals surface area contributed by atoms with Crippen LogP contribution in [0.3, 0.4) is 0 Å². The Morgan fingerprint density at radius 1 is 1.37 bits per heavy atom. The van der Waals surface area contributed by atoms with Crippen molar-refractivity contribution in [2.45, 2.75) is 13.0 Å². The summed E-state index contributed by atoms with van der Waals surface area (Å²) in [7, 11) is 0. The fourth-order valence-electron chi connectivity index (χ4n) is 1.59. The summed E-state index contributed by atoms with van der Waals surface area (Å²) in [5.74, 6) is -0.0667. The van der Waals surface area contributed by atoms with E-state index >= 15 is 0 Å². The van der Waals surface area contributed by atoms with Crippen molar-refractivity contribution in [1.82, 2.24) is 9.78 Å². The van der Waals surface area contributed by atoms with Crippen LogP contribution >= 0.6 is 0 Å². The number of nitro groups is 1. The Hall–Kier alpha value is -2.51. The Morgan fingerprint density at radius 3 is 2.47 bits per heavy atom. The molecule has 0 aliphatic rings. The van der Waals surface area contributed by atoms with Gasteiger partial charge in [-0.05, 0) is 5.56 Å². The topological polar surface area (TPSA) is 87.0 Å². The maximum atomic E-state index is 12.4. The van der Waals surface area contributed by atoms with Gasteiger partial charge in [0.1, 0.15) is 6.20 Å². The number of nitrogens with zero attached hydrogens (tertiary/aromatic N) is 3. The van der Waals surface area contributed by atoms with Crippen LogP contribution in [0, 0.1) is 10.1 Å². The number of alkyl halides is 2. The van der Waals surface area contributed by atoms with Gasteiger partial charge in [-0.15, -0.1) is 0 Å². The van der Waals surface area contributed by atoms with E-state index in [0.29, 0.717) is 5.56 Å². The van der Waals surface area contributed by atoms with E-state index in [-0.39, 0.29) is 23.6 Å². The molecule has 0 spiro atoms. The molecule has 1 aromatic heterocycles. The quantitative estimate of drug-likeness (QED) is 0.681. The van der Waals surface area contributed by atoms with Gasteiger partial charge in [-0.3, -0.25) is 10.1 Å². The lowest BCUT2D eigenvalue weighted by atomic mass is 10.1. The molecule has 0 aliphatic carbocycles. The van der Waals surface area contributed by atoms with Gasteiger partial charge in [-0.2, -0.15) is 5.10 Å². The minimum absolute atomic E-state index is 0.0667. The SMILES string of the molecule is Nc1c([N+](=O)[O-])cnn1Cc1ccc(C(F)F)cc1. The molecular formula is C11H10F2N4O2. The van der Waals surface area contributed by atoms with E-state index in [1.807, 2.05) is 0 Å². The van der Waals surface area contributed by atoms with Crippen LogP contribution < -0.4 is 5.73 Å². The standard InChI is InChI=1S/C11H10F2N4O2/c12-10(13)8-3-1-7(2-4-8)6-16-11(14)9(5-15-16)17(18)19/h1-5,10H,6,14H2. The Labute approximate surface area is 106 Å². The molecule has 19 heavy (non-hydrogen) atoms. The maximum Gasteiger partial charge on any atom is 0.330 e. The van der Waals surface area contributed by atoms with E-state index in [1.165, 1.54) is 28.9 Å². The van der Waals surface area contributed by atoms with Gasteiger partial charge < -0.3 is 5.73 Å². The second-order valence-corrected chi connectivity index (χ2v) is 3.87. The highest BCUT2D eigenvalue weighted by molar-refractivity contribution is 5.51. The summed E-state index contributed by atoms with van der Waals surface area (Å²) in [5.41, 5.74) is 5.89. The number of halogens is 2. The van der Waals surface area contributed by atoms with Crippen molar-refractivity contribution >= 4 is 11.5 Å². The van der Waals surface area contributed by atoms with Crippen LogP contribution in [0.15, 0.2) is 30.5 Å². The number of hydrogen-bond donors (Lipinski definition) is 1. The van der Waals surface area contributed by atoms with Crippen LogP contribution in [0.2, 0.25) is 0 Å². The van der Waals surface area contributed by atoms with Crippen LogP contribution in [-0.2, 0) is 6.54 Å². The Bertz CT molecular complexity index is 595. The third-order valence-electron chi connectivity index (χ3n) is 2.62. The third-order valence-corrected chi connectivity index (χ3v) is 2.62. The first kappa shape index (κ1) is 12.9. The molecule has 2 N–H and O–H groups in total. The van der Waals surface area contributed by atoms with Crippen molar-refractivity contribution in [2.24, 2.45) is 0 Å². The minimum Gasteiger partial charge on any atom is -0.378 e. The van der Waals surface area contributed by atoms with Gasteiger partial charge in [-0.25, -0.2) is 13.5 Å². The zero-order valence-corrected chi connectivity index (χ0v) is 9.66. The van der Waals surface area contributed by atoms with Crippen LogP contribution in [0.5, 0.6) is 0 Å². The van der Waals surface area contributed by atoms with Gasteiger partial charge in [0.15, 0.2) is 0 Å². The van der Waals surface area contributed by atoms with Crippen LogP contribution in [0.1, 0.15) is 17.6 Å². The molecule has 1 heterocycles. The second-order valence-electron chi connectivity index (χ2n) is 3.87. The highest BCUT2D eigenvalue weighted by atomic mass is 19.3. The molecule has 0 unspecified atom stereocenters. The lowest BCUT2D eigenvalue weighted by Gasteiger charge is -2.05. The summed E-state index contributed by atoms with van der Waals surface area (Å²) in [4.78, 5) is 9.97. The summed E-state index contributed by atoms with van der Waals surface area (Å²) >= 11 is 0. The molecule has 0 saturated carbocycles. The number of nitrogens with two attached hydrogens (primary N) is 1. The molecule has 0 atom stereocenters. The van der Waals surface area contributed by atoms with Crippen molar-refractivity contribution in [1.29, 1.82) is 0 Å². The normalized spacial score (nSPS) is 10.9. The molecule has 2 aromatic rings. The van der Waals surface area contributed by atoms with Crippen molar-refractivity contribution in [3.63, 3.8) is 0 Å². The fraction of sp³-hybridized carbons (Fsp3) is 0.182. The number of anilines is 1. The number of nitrogen functional groups attached to an aromatic ring is 1. The zero-order valence-electron chi connectivity index (χ0n) is 9.66. The molecule has 0 aliphatic heterocycles. The first-order valence-electron chi connectivity index (χ1n) is 5.31. The Kier molecular flexibility index (Phi) is 3.41. The summed E-state index contributed by atoms with van der Waals surface area (Å²) in [6.45, 7) is 0.184. The van der Waals surface area contributed by atoms with Crippen LogP contribution in [-0.4, -0.2) is 14.7 Å². The van der Waals surface area contributed by atoms with E-state index < -0.39 is 11.3 Å². The van der Waals surface area contributed by atoms with Crippen molar-refractivity contribution < 1.29 is 13.7 Å². The monoisotopic (exact) mass is 268 g/mol. The van der Waals surface area contributed by atoms with E-state index in [1.54, 1.807) is 0 Å². The number of hydrogen-bond acceptors (Lipinski definition) is 4. The molecular weight excluding hydrogens is 258 g/mol. The summed E-state index contributed by atoms with van der Waals surface area (Å²) in [5, 5.41) is 14.4. The fourth-order valence-corrected chi connectivity index (χ4v) is 1.59. The molecule has 0 bridgehead atoms. The van der Waals surface area contributed by atoms with Crippen molar-refractivity contribution in [3.05, 3.63) is 51.7 Å². The van der Waals surface area contributed by atoms with E-state index in [4.69, 9.17) is 5.73 Å². The first-order valence-corrected chi connectivity index (χ1v) is 5.31. The Morgan fingerprint density at radius 2 is 2.00 bits per heavy atom. The average molecular weight is 268 g/mol. The maximum absolute atomic E-state index is 12.4. The Balaban J connectivity index is 2.19. The van der Waals surface area contributed by atoms with Gasteiger partial charge in [0.25, 0.3) is 6.43 Å². The molecule has 8 heteroatoms. The van der Waals surface area contributed by atoms with Gasteiger partial charge in [0.05, 0.1) is 11.5 Å². The smallest absolute Gasteiger partial charge is 0.330 e. The summed E-state index contributed by atoms with van der Waals surface area (Å²) in [6, 6.07) is 5.62. The lowest BCUT2D eigenvalue weighted by molar-refractivity contribution is -0.384. The number of rotatable bonds is 4. The molecule has 0 amide bonds. The number of benzene rings is 1.